The molecule has 2 amide bonds. The van der Waals surface area contributed by atoms with Crippen LogP contribution >= 0.6 is 27.7 Å². The highest BCUT2D eigenvalue weighted by atomic mass is 79.9. The van der Waals surface area contributed by atoms with Crippen LogP contribution < -0.4 is 0 Å². The minimum Gasteiger partial charge on any atom is -0.465 e. The molecule has 3 aliphatic rings. The third kappa shape index (κ3) is 5.42. The van der Waals surface area contributed by atoms with Gasteiger partial charge in [-0.05, 0) is 45.4 Å². The minimum atomic E-state index is -0.799. The first kappa shape index (κ1) is 30.2. The standard InChI is InChI=1S/C28H43BrN2O5S/c1-9-11-13-36-25(35)19-20-23(33)31(17(3)15-32)22(28(20)14-18(29)21(19)37-28)24(34)30(12-10-2)27(7,8)16-26(4,5)6/h9-10,17-22,32H,1-2,11-16H2,3-8H3/t17-,18?,19+,20+,21+,22?,28?/m1/s1. The number of carbonyl (C=O) groups excluding carboxylic acids is 3. The van der Waals surface area contributed by atoms with Gasteiger partial charge >= 0.3 is 5.97 Å². The smallest absolute Gasteiger partial charge is 0.310 e. The van der Waals surface area contributed by atoms with Crippen molar-refractivity contribution in [3.63, 3.8) is 0 Å². The van der Waals surface area contributed by atoms with Gasteiger partial charge in [-0.1, -0.05) is 48.9 Å². The Labute approximate surface area is 234 Å². The van der Waals surface area contributed by atoms with Crippen LogP contribution in [0.1, 0.15) is 60.8 Å². The van der Waals surface area contributed by atoms with E-state index in [1.807, 2.05) is 4.90 Å². The van der Waals surface area contributed by atoms with Crippen LogP contribution in [0.2, 0.25) is 0 Å². The summed E-state index contributed by atoms with van der Waals surface area (Å²) in [4.78, 5) is 45.3. The first-order valence-corrected chi connectivity index (χ1v) is 14.9. The molecule has 37 heavy (non-hydrogen) atoms. The maximum atomic E-state index is 14.6. The third-order valence-electron chi connectivity index (χ3n) is 7.81. The molecule has 7 atom stereocenters. The van der Waals surface area contributed by atoms with E-state index in [1.165, 1.54) is 0 Å². The number of esters is 1. The lowest BCUT2D eigenvalue weighted by atomic mass is 9.70. The molecule has 3 aliphatic heterocycles. The number of carbonyl (C=O) groups is 3. The van der Waals surface area contributed by atoms with Crippen LogP contribution in [0.25, 0.3) is 0 Å². The van der Waals surface area contributed by atoms with E-state index in [0.29, 0.717) is 19.4 Å². The number of fused-ring (bicyclic) bond motifs is 1. The number of amides is 2. The Kier molecular flexibility index (Phi) is 9.02. The minimum absolute atomic E-state index is 0.0323. The molecule has 1 N–H and O–H groups in total. The molecule has 0 aromatic heterocycles. The molecule has 3 heterocycles. The van der Waals surface area contributed by atoms with Crippen LogP contribution in [0, 0.1) is 17.3 Å². The Morgan fingerprint density at radius 1 is 1.30 bits per heavy atom. The van der Waals surface area contributed by atoms with Crippen molar-refractivity contribution in [2.24, 2.45) is 17.3 Å². The van der Waals surface area contributed by atoms with E-state index < -0.39 is 40.2 Å². The maximum Gasteiger partial charge on any atom is 0.310 e. The lowest BCUT2D eigenvalue weighted by molar-refractivity contribution is -0.154. The van der Waals surface area contributed by atoms with Gasteiger partial charge in [0, 0.05) is 22.2 Å². The van der Waals surface area contributed by atoms with Crippen molar-refractivity contribution in [3.05, 3.63) is 25.3 Å². The molecule has 0 radical (unpaired) electrons. The fourth-order valence-electron chi connectivity index (χ4n) is 6.82. The van der Waals surface area contributed by atoms with Gasteiger partial charge in [0.1, 0.15) is 6.04 Å². The number of nitrogens with zero attached hydrogens (tertiary/aromatic N) is 2. The highest BCUT2D eigenvalue weighted by Crippen LogP contribution is 2.68. The second-order valence-electron chi connectivity index (χ2n) is 12.5. The number of rotatable bonds is 11. The van der Waals surface area contributed by atoms with Gasteiger partial charge in [-0.25, -0.2) is 0 Å². The summed E-state index contributed by atoms with van der Waals surface area (Å²) in [6, 6.07) is -1.36. The van der Waals surface area contributed by atoms with E-state index >= 15 is 0 Å². The third-order valence-corrected chi connectivity index (χ3v) is 11.0. The summed E-state index contributed by atoms with van der Waals surface area (Å²) in [5.74, 6) is -2.12. The second kappa shape index (κ2) is 11.0. The van der Waals surface area contributed by atoms with Gasteiger partial charge in [0.25, 0.3) is 0 Å². The average Bonchev–Trinajstić information content (AvgIpc) is 3.38. The average molecular weight is 600 g/mol. The van der Waals surface area contributed by atoms with Crippen molar-refractivity contribution in [1.29, 1.82) is 0 Å². The summed E-state index contributed by atoms with van der Waals surface area (Å²) in [7, 11) is 0. The summed E-state index contributed by atoms with van der Waals surface area (Å²) >= 11 is 5.35. The SMILES string of the molecule is C=CCCOC(=O)[C@H]1[C@H]2C(=O)N([C@H](C)CO)C(C(=O)N(CC=C)C(C)(C)CC(C)(C)C)C23CC(Br)[C@@H]1S3. The molecule has 0 aromatic rings. The number of hydrogen-bond acceptors (Lipinski definition) is 6. The van der Waals surface area contributed by atoms with Crippen molar-refractivity contribution in [2.45, 2.75) is 93.3 Å². The summed E-state index contributed by atoms with van der Waals surface area (Å²) in [6.45, 7) is 20.2. The zero-order valence-electron chi connectivity index (χ0n) is 23.0. The first-order chi connectivity index (χ1) is 17.2. The van der Waals surface area contributed by atoms with E-state index in [1.54, 1.807) is 35.7 Å². The largest absolute Gasteiger partial charge is 0.465 e. The molecule has 0 aliphatic carbocycles. The summed E-state index contributed by atoms with van der Waals surface area (Å²) in [5, 5.41) is 9.95. The topological polar surface area (TPSA) is 87.1 Å². The van der Waals surface area contributed by atoms with Gasteiger partial charge in [0.05, 0.1) is 35.8 Å². The Balaban J connectivity index is 2.08. The highest BCUT2D eigenvalue weighted by molar-refractivity contribution is 9.09. The summed E-state index contributed by atoms with van der Waals surface area (Å²) < 4.78 is 4.78. The first-order valence-electron chi connectivity index (χ1n) is 13.1. The van der Waals surface area contributed by atoms with Crippen molar-refractivity contribution in [1.82, 2.24) is 9.80 Å². The number of hydrogen-bond donors (Lipinski definition) is 1. The lowest BCUT2D eigenvalue weighted by Gasteiger charge is -2.46. The number of thioether (sulfide) groups is 1. The predicted octanol–water partition coefficient (Wildman–Crippen LogP) is 4.18. The Bertz CT molecular complexity index is 934. The molecule has 9 heteroatoms. The molecule has 1 spiro atoms. The fraction of sp³-hybridized carbons (Fsp3) is 0.750. The number of ether oxygens (including phenoxy) is 1. The molecule has 3 rings (SSSR count). The maximum absolute atomic E-state index is 14.6. The van der Waals surface area contributed by atoms with Crippen LogP contribution in [0.5, 0.6) is 0 Å². The van der Waals surface area contributed by atoms with Crippen molar-refractivity contribution >= 4 is 45.5 Å². The van der Waals surface area contributed by atoms with Crippen molar-refractivity contribution in [3.8, 4) is 0 Å². The number of aliphatic hydroxyl groups is 1. The van der Waals surface area contributed by atoms with Crippen LogP contribution in [-0.4, -0.2) is 84.9 Å². The quantitative estimate of drug-likeness (QED) is 0.166. The van der Waals surface area contributed by atoms with Crippen LogP contribution in [0.15, 0.2) is 25.3 Å². The number of likely N-dealkylation sites (tertiary alicyclic amines) is 1. The molecular formula is C28H43BrN2O5S. The molecule has 0 aromatic carbocycles. The molecule has 7 nitrogen and oxygen atoms in total. The van der Waals surface area contributed by atoms with Gasteiger partial charge in [-0.3, -0.25) is 14.4 Å². The van der Waals surface area contributed by atoms with Crippen molar-refractivity contribution < 1.29 is 24.2 Å². The molecule has 3 saturated heterocycles. The molecule has 3 fully saturated rings. The molecule has 208 valence electrons. The molecule has 3 unspecified atom stereocenters. The Hall–Kier alpha value is -1.32. The normalized spacial score (nSPS) is 31.7. The Morgan fingerprint density at radius 3 is 2.49 bits per heavy atom. The zero-order valence-corrected chi connectivity index (χ0v) is 25.4. The monoisotopic (exact) mass is 598 g/mol. The van der Waals surface area contributed by atoms with Gasteiger partial charge in [-0.2, -0.15) is 0 Å². The van der Waals surface area contributed by atoms with Crippen LogP contribution in [0.4, 0.5) is 0 Å². The van der Waals surface area contributed by atoms with E-state index in [9.17, 15) is 19.5 Å². The summed E-state index contributed by atoms with van der Waals surface area (Å²) in [6.07, 6.45) is 5.28. The summed E-state index contributed by atoms with van der Waals surface area (Å²) in [5.41, 5.74) is -0.539. The van der Waals surface area contributed by atoms with Crippen LogP contribution in [0.3, 0.4) is 0 Å². The van der Waals surface area contributed by atoms with E-state index in [-0.39, 0.29) is 40.5 Å². The molecule has 2 bridgehead atoms. The van der Waals surface area contributed by atoms with Gasteiger partial charge in [0.15, 0.2) is 0 Å². The molecular weight excluding hydrogens is 556 g/mol. The van der Waals surface area contributed by atoms with Gasteiger partial charge < -0.3 is 19.6 Å². The number of alkyl halides is 1. The van der Waals surface area contributed by atoms with E-state index in [2.05, 4.69) is 63.7 Å². The van der Waals surface area contributed by atoms with Crippen molar-refractivity contribution in [2.75, 3.05) is 19.8 Å². The highest BCUT2D eigenvalue weighted by Gasteiger charge is 2.76. The van der Waals surface area contributed by atoms with Gasteiger partial charge in [0.2, 0.25) is 11.8 Å². The van der Waals surface area contributed by atoms with Crippen LogP contribution in [-0.2, 0) is 19.1 Å². The van der Waals surface area contributed by atoms with Gasteiger partial charge in [-0.15, -0.1) is 24.9 Å². The zero-order chi connectivity index (χ0) is 27.9. The second-order valence-corrected chi connectivity index (χ2v) is 15.2. The fourth-order valence-corrected chi connectivity index (χ4v) is 10.4. The molecule has 0 saturated carbocycles. The van der Waals surface area contributed by atoms with E-state index in [0.717, 1.165) is 6.42 Å². The number of halogens is 1. The predicted molar refractivity (Wildman–Crippen MR) is 151 cm³/mol. The Morgan fingerprint density at radius 2 is 1.95 bits per heavy atom. The lowest BCUT2D eigenvalue weighted by Crippen LogP contribution is -2.61. The van der Waals surface area contributed by atoms with E-state index in [4.69, 9.17) is 4.74 Å². The number of aliphatic hydroxyl groups excluding tert-OH is 1.